The molecule has 0 spiro atoms. The maximum Gasteiger partial charge on any atom is 0.129 e. The average Bonchev–Trinajstić information content (AvgIpc) is 2.67. The molecule has 0 atom stereocenters. The maximum absolute atomic E-state index is 6.36. The lowest BCUT2D eigenvalue weighted by atomic mass is 9.86. The number of aliphatic imine (C=N–C) groups is 1. The monoisotopic (exact) mass is 330 g/mol. The van der Waals surface area contributed by atoms with Crippen LogP contribution in [0.15, 0.2) is 65.8 Å². The van der Waals surface area contributed by atoms with E-state index >= 15 is 0 Å². The Labute approximate surface area is 148 Å². The van der Waals surface area contributed by atoms with E-state index in [9.17, 15) is 0 Å². The van der Waals surface area contributed by atoms with E-state index in [1.165, 1.54) is 0 Å². The highest BCUT2D eigenvalue weighted by Crippen LogP contribution is 2.38. The van der Waals surface area contributed by atoms with Gasteiger partial charge in [0.2, 0.25) is 0 Å². The number of ether oxygens (including phenoxy) is 1. The Morgan fingerprint density at radius 3 is 2.44 bits per heavy atom. The highest BCUT2D eigenvalue weighted by molar-refractivity contribution is 6.15. The number of rotatable bonds is 1. The molecule has 0 amide bonds. The van der Waals surface area contributed by atoms with Crippen LogP contribution in [0.25, 0.3) is 10.9 Å². The molecule has 0 N–H and O–H groups in total. The Balaban J connectivity index is 1.98. The van der Waals surface area contributed by atoms with Gasteiger partial charge in [0, 0.05) is 22.7 Å². The van der Waals surface area contributed by atoms with E-state index in [1.54, 1.807) is 0 Å². The number of para-hydroxylation sites is 2. The molecule has 0 radical (unpaired) electrons. The number of benzene rings is 2. The van der Waals surface area contributed by atoms with Crippen molar-refractivity contribution in [1.82, 2.24) is 4.98 Å². The van der Waals surface area contributed by atoms with Gasteiger partial charge < -0.3 is 4.74 Å². The fraction of sp³-hybridized carbons (Fsp3) is 0.273. The number of nitrogens with zero attached hydrogens (tertiary/aromatic N) is 2. The number of aromatic nitrogens is 1. The quantitative estimate of drug-likeness (QED) is 0.628. The molecule has 0 aliphatic carbocycles. The number of fused-ring (bicyclic) bond motifs is 2. The Morgan fingerprint density at radius 2 is 1.60 bits per heavy atom. The lowest BCUT2D eigenvalue weighted by molar-refractivity contribution is 0.0441. The van der Waals surface area contributed by atoms with Crippen molar-refractivity contribution in [3.05, 3.63) is 71.9 Å². The van der Waals surface area contributed by atoms with Gasteiger partial charge in [-0.3, -0.25) is 9.98 Å². The summed E-state index contributed by atoms with van der Waals surface area (Å²) in [5, 5.41) is 1.11. The summed E-state index contributed by atoms with van der Waals surface area (Å²) in [5.41, 5.74) is 3.15. The molecule has 1 aliphatic rings. The van der Waals surface area contributed by atoms with Gasteiger partial charge in [0.1, 0.15) is 11.4 Å². The smallest absolute Gasteiger partial charge is 0.129 e. The second-order valence-corrected chi connectivity index (χ2v) is 7.54. The molecular weight excluding hydrogens is 308 g/mol. The van der Waals surface area contributed by atoms with Crippen molar-refractivity contribution < 1.29 is 4.74 Å². The maximum atomic E-state index is 6.36. The molecular formula is C22H22N2O. The van der Waals surface area contributed by atoms with Crippen molar-refractivity contribution in [3.63, 3.8) is 0 Å². The van der Waals surface area contributed by atoms with Crippen LogP contribution in [-0.4, -0.2) is 21.8 Å². The average molecular weight is 330 g/mol. The zero-order chi connectivity index (χ0) is 17.7. The first-order chi connectivity index (χ1) is 11.9. The Kier molecular flexibility index (Phi) is 3.43. The van der Waals surface area contributed by atoms with Gasteiger partial charge in [-0.25, -0.2) is 0 Å². The van der Waals surface area contributed by atoms with E-state index in [0.29, 0.717) is 0 Å². The second kappa shape index (κ2) is 5.41. The Hall–Kier alpha value is -2.68. The van der Waals surface area contributed by atoms with E-state index in [2.05, 4.69) is 50.9 Å². The van der Waals surface area contributed by atoms with Crippen LogP contribution in [0.5, 0.6) is 5.75 Å². The topological polar surface area (TPSA) is 34.5 Å². The number of pyridine rings is 1. The van der Waals surface area contributed by atoms with Crippen LogP contribution in [0, 0.1) is 0 Å². The van der Waals surface area contributed by atoms with Gasteiger partial charge in [-0.1, -0.05) is 30.3 Å². The van der Waals surface area contributed by atoms with Gasteiger partial charge in [-0.15, -0.1) is 0 Å². The molecule has 3 heteroatoms. The summed E-state index contributed by atoms with van der Waals surface area (Å²) in [6.07, 6.45) is 1.91. The van der Waals surface area contributed by atoms with Crippen molar-refractivity contribution in [2.24, 2.45) is 4.99 Å². The Morgan fingerprint density at radius 1 is 0.880 bits per heavy atom. The fourth-order valence-corrected chi connectivity index (χ4v) is 3.05. The van der Waals surface area contributed by atoms with Crippen molar-refractivity contribution in [2.75, 3.05) is 0 Å². The molecule has 1 aromatic heterocycles. The number of hydrogen-bond acceptors (Lipinski definition) is 3. The summed E-state index contributed by atoms with van der Waals surface area (Å²) in [6.45, 7) is 8.42. The van der Waals surface area contributed by atoms with E-state index < -0.39 is 5.60 Å². The van der Waals surface area contributed by atoms with Crippen molar-refractivity contribution >= 4 is 16.6 Å². The first-order valence-electron chi connectivity index (χ1n) is 8.61. The van der Waals surface area contributed by atoms with Crippen molar-refractivity contribution in [2.45, 2.75) is 38.8 Å². The van der Waals surface area contributed by atoms with Crippen LogP contribution in [0.2, 0.25) is 0 Å². The SMILES string of the molecule is CC1(C)N=C(c2cnc3ccccc3c2)c2ccccc2OC1(C)C. The summed E-state index contributed by atoms with van der Waals surface area (Å²) in [5.74, 6) is 0.866. The third-order valence-corrected chi connectivity index (χ3v) is 5.24. The van der Waals surface area contributed by atoms with Gasteiger partial charge in [-0.2, -0.15) is 0 Å². The zero-order valence-electron chi connectivity index (χ0n) is 15.1. The van der Waals surface area contributed by atoms with Gasteiger partial charge in [0.15, 0.2) is 0 Å². The summed E-state index contributed by atoms with van der Waals surface area (Å²) >= 11 is 0. The third kappa shape index (κ3) is 2.60. The van der Waals surface area contributed by atoms with Crippen LogP contribution >= 0.6 is 0 Å². The highest BCUT2D eigenvalue weighted by Gasteiger charge is 2.42. The standard InChI is InChI=1S/C22H22N2O/c1-21(2)22(3,4)25-19-12-8-6-10-17(19)20(24-21)16-13-15-9-5-7-11-18(15)23-14-16/h5-14H,1-4H3. The van der Waals surface area contributed by atoms with Crippen LogP contribution < -0.4 is 4.74 Å². The normalized spacial score (nSPS) is 18.0. The molecule has 4 rings (SSSR count). The van der Waals surface area contributed by atoms with Crippen LogP contribution in [0.1, 0.15) is 38.8 Å². The third-order valence-electron chi connectivity index (χ3n) is 5.24. The lowest BCUT2D eigenvalue weighted by Gasteiger charge is -2.37. The van der Waals surface area contributed by atoms with E-state index in [4.69, 9.17) is 9.73 Å². The molecule has 0 unspecified atom stereocenters. The molecule has 126 valence electrons. The summed E-state index contributed by atoms with van der Waals surface area (Å²) in [6, 6.07) is 18.4. The van der Waals surface area contributed by atoms with Crippen molar-refractivity contribution in [3.8, 4) is 5.75 Å². The van der Waals surface area contributed by atoms with Gasteiger partial charge in [-0.05, 0) is 52.0 Å². The largest absolute Gasteiger partial charge is 0.485 e. The first kappa shape index (κ1) is 15.8. The van der Waals surface area contributed by atoms with Crippen LogP contribution in [-0.2, 0) is 0 Å². The van der Waals surface area contributed by atoms with Gasteiger partial charge in [0.25, 0.3) is 0 Å². The zero-order valence-corrected chi connectivity index (χ0v) is 15.1. The second-order valence-electron chi connectivity index (χ2n) is 7.54. The van der Waals surface area contributed by atoms with E-state index in [1.807, 2.05) is 42.6 Å². The van der Waals surface area contributed by atoms with Crippen molar-refractivity contribution in [1.29, 1.82) is 0 Å². The number of hydrogen-bond donors (Lipinski definition) is 0. The summed E-state index contributed by atoms with van der Waals surface area (Å²) < 4.78 is 6.36. The Bertz CT molecular complexity index is 986. The molecule has 0 saturated heterocycles. The van der Waals surface area contributed by atoms with E-state index in [0.717, 1.165) is 33.5 Å². The molecule has 1 aliphatic heterocycles. The molecule has 3 aromatic rings. The fourth-order valence-electron chi connectivity index (χ4n) is 3.05. The predicted molar refractivity (Wildman–Crippen MR) is 103 cm³/mol. The minimum absolute atomic E-state index is 0.382. The molecule has 0 saturated carbocycles. The molecule has 2 heterocycles. The minimum atomic E-state index is -0.421. The molecule has 25 heavy (non-hydrogen) atoms. The predicted octanol–water partition coefficient (Wildman–Crippen LogP) is 5.02. The van der Waals surface area contributed by atoms with Gasteiger partial charge >= 0.3 is 0 Å². The summed E-state index contributed by atoms with van der Waals surface area (Å²) in [7, 11) is 0. The first-order valence-corrected chi connectivity index (χ1v) is 8.61. The lowest BCUT2D eigenvalue weighted by Crippen LogP contribution is -2.48. The van der Waals surface area contributed by atoms with Gasteiger partial charge in [0.05, 0.1) is 16.8 Å². The van der Waals surface area contributed by atoms with E-state index in [-0.39, 0.29) is 5.54 Å². The molecule has 0 bridgehead atoms. The molecule has 3 nitrogen and oxygen atoms in total. The molecule has 2 aromatic carbocycles. The summed E-state index contributed by atoms with van der Waals surface area (Å²) in [4.78, 5) is 9.75. The van der Waals surface area contributed by atoms with Crippen LogP contribution in [0.3, 0.4) is 0 Å². The minimum Gasteiger partial charge on any atom is -0.485 e. The van der Waals surface area contributed by atoms with Crippen LogP contribution in [0.4, 0.5) is 0 Å². The molecule has 0 fully saturated rings. The highest BCUT2D eigenvalue weighted by atomic mass is 16.5.